The highest BCUT2D eigenvalue weighted by Crippen LogP contribution is 2.24. The minimum absolute atomic E-state index is 0.0134. The molecule has 0 aromatic heterocycles. The first-order valence-electron chi connectivity index (χ1n) is 7.19. The van der Waals surface area contributed by atoms with Gasteiger partial charge in [0.15, 0.2) is 0 Å². The summed E-state index contributed by atoms with van der Waals surface area (Å²) >= 11 is 0. The second kappa shape index (κ2) is 6.44. The van der Waals surface area contributed by atoms with Gasteiger partial charge in [-0.05, 0) is 48.6 Å². The van der Waals surface area contributed by atoms with Gasteiger partial charge in [-0.15, -0.1) is 0 Å². The van der Waals surface area contributed by atoms with Gasteiger partial charge in [-0.3, -0.25) is 4.79 Å². The van der Waals surface area contributed by atoms with E-state index in [0.717, 1.165) is 11.3 Å². The number of hydrogen-bond acceptors (Lipinski definition) is 2. The van der Waals surface area contributed by atoms with Gasteiger partial charge in [-0.1, -0.05) is 37.3 Å². The molecule has 0 bridgehead atoms. The van der Waals surface area contributed by atoms with Crippen LogP contribution in [-0.2, 0) is 4.79 Å². The molecule has 0 spiro atoms. The van der Waals surface area contributed by atoms with Crippen LogP contribution in [-0.4, -0.2) is 5.91 Å². The van der Waals surface area contributed by atoms with E-state index in [-0.39, 0.29) is 11.8 Å². The number of amides is 1. The molecule has 0 heterocycles. The van der Waals surface area contributed by atoms with Crippen LogP contribution in [0.4, 0.5) is 11.4 Å². The molecule has 1 amide bonds. The van der Waals surface area contributed by atoms with Crippen molar-refractivity contribution in [2.24, 2.45) is 0 Å². The molecule has 0 radical (unpaired) electrons. The van der Waals surface area contributed by atoms with Gasteiger partial charge in [-0.2, -0.15) is 0 Å². The normalized spacial score (nSPS) is 12.0. The summed E-state index contributed by atoms with van der Waals surface area (Å²) in [6.07, 6.45) is 0.457. The lowest BCUT2D eigenvalue weighted by atomic mass is 9.93. The second-order valence-corrected chi connectivity index (χ2v) is 5.58. The van der Waals surface area contributed by atoms with Crippen molar-refractivity contribution in [2.45, 2.75) is 33.1 Å². The summed E-state index contributed by atoms with van der Waals surface area (Å²) in [5, 5.41) is 2.95. The number of nitrogen functional groups attached to an aromatic ring is 1. The van der Waals surface area contributed by atoms with Gasteiger partial charge in [0.2, 0.25) is 5.91 Å². The SMILES string of the molecule is Cc1ccc(N)cc1NC(=O)CC(C)c1ccccc1C. The molecule has 2 aromatic rings. The van der Waals surface area contributed by atoms with Crippen LogP contribution in [0.1, 0.15) is 36.0 Å². The molecule has 1 atom stereocenters. The minimum atomic E-state index is 0.0134. The van der Waals surface area contributed by atoms with Crippen LogP contribution >= 0.6 is 0 Å². The number of benzene rings is 2. The summed E-state index contributed by atoms with van der Waals surface area (Å²) in [5.74, 6) is 0.201. The molecular weight excluding hydrogens is 260 g/mol. The van der Waals surface area contributed by atoms with Crippen LogP contribution in [0.5, 0.6) is 0 Å². The molecule has 21 heavy (non-hydrogen) atoms. The molecule has 110 valence electrons. The third-order valence-corrected chi connectivity index (χ3v) is 3.75. The van der Waals surface area contributed by atoms with Crippen molar-refractivity contribution in [3.63, 3.8) is 0 Å². The standard InChI is InChI=1S/C18H22N2O/c1-12-6-4-5-7-16(12)14(3)10-18(21)20-17-11-15(19)9-8-13(17)2/h4-9,11,14H,10,19H2,1-3H3,(H,20,21). The number of nitrogens with two attached hydrogens (primary N) is 1. The molecule has 3 N–H and O–H groups in total. The van der Waals surface area contributed by atoms with Crippen LogP contribution < -0.4 is 11.1 Å². The van der Waals surface area contributed by atoms with Gasteiger partial charge in [-0.25, -0.2) is 0 Å². The van der Waals surface area contributed by atoms with E-state index in [1.54, 1.807) is 6.07 Å². The number of carbonyl (C=O) groups excluding carboxylic acids is 1. The summed E-state index contributed by atoms with van der Waals surface area (Å²) < 4.78 is 0. The van der Waals surface area contributed by atoms with E-state index in [1.807, 2.05) is 31.2 Å². The van der Waals surface area contributed by atoms with Crippen molar-refractivity contribution in [3.05, 3.63) is 59.2 Å². The first kappa shape index (κ1) is 15.1. The smallest absolute Gasteiger partial charge is 0.224 e. The van der Waals surface area contributed by atoms with Crippen molar-refractivity contribution in [1.82, 2.24) is 0 Å². The molecule has 0 fully saturated rings. The van der Waals surface area contributed by atoms with E-state index in [0.29, 0.717) is 12.1 Å². The third kappa shape index (κ3) is 3.85. The summed E-state index contributed by atoms with van der Waals surface area (Å²) in [7, 11) is 0. The summed E-state index contributed by atoms with van der Waals surface area (Å²) in [6, 6.07) is 13.7. The third-order valence-electron chi connectivity index (χ3n) is 3.75. The lowest BCUT2D eigenvalue weighted by molar-refractivity contribution is -0.116. The van der Waals surface area contributed by atoms with Crippen molar-refractivity contribution in [1.29, 1.82) is 0 Å². The number of anilines is 2. The molecule has 0 saturated heterocycles. The Hall–Kier alpha value is -2.29. The van der Waals surface area contributed by atoms with Crippen LogP contribution in [0.15, 0.2) is 42.5 Å². The van der Waals surface area contributed by atoms with Crippen LogP contribution in [0.3, 0.4) is 0 Å². The minimum Gasteiger partial charge on any atom is -0.399 e. The predicted molar refractivity (Wildman–Crippen MR) is 88.4 cm³/mol. The van der Waals surface area contributed by atoms with Gasteiger partial charge < -0.3 is 11.1 Å². The lowest BCUT2D eigenvalue weighted by Crippen LogP contribution is -2.15. The predicted octanol–water partition coefficient (Wildman–Crippen LogP) is 4.02. The Balaban J connectivity index is 2.05. The Labute approximate surface area is 126 Å². The fourth-order valence-corrected chi connectivity index (χ4v) is 2.50. The van der Waals surface area contributed by atoms with Crippen molar-refractivity contribution in [2.75, 3.05) is 11.1 Å². The fourth-order valence-electron chi connectivity index (χ4n) is 2.50. The zero-order valence-electron chi connectivity index (χ0n) is 12.8. The highest BCUT2D eigenvalue weighted by atomic mass is 16.1. The van der Waals surface area contributed by atoms with Gasteiger partial charge in [0, 0.05) is 17.8 Å². The average Bonchev–Trinajstić information content (AvgIpc) is 2.43. The van der Waals surface area contributed by atoms with Gasteiger partial charge in [0.1, 0.15) is 0 Å². The zero-order valence-corrected chi connectivity index (χ0v) is 12.8. The number of aryl methyl sites for hydroxylation is 2. The molecule has 3 heteroatoms. The zero-order chi connectivity index (χ0) is 15.4. The van der Waals surface area contributed by atoms with Gasteiger partial charge in [0.25, 0.3) is 0 Å². The van der Waals surface area contributed by atoms with E-state index in [2.05, 4.69) is 31.3 Å². The molecule has 1 unspecified atom stereocenters. The van der Waals surface area contributed by atoms with Gasteiger partial charge >= 0.3 is 0 Å². The number of carbonyl (C=O) groups is 1. The first-order valence-corrected chi connectivity index (χ1v) is 7.19. The van der Waals surface area contributed by atoms with Crippen molar-refractivity contribution < 1.29 is 4.79 Å². The Bertz CT molecular complexity index is 649. The maximum Gasteiger partial charge on any atom is 0.224 e. The number of nitrogens with one attached hydrogen (secondary N) is 1. The Morgan fingerprint density at radius 2 is 1.86 bits per heavy atom. The summed E-state index contributed by atoms with van der Waals surface area (Å²) in [6.45, 7) is 6.11. The molecular formula is C18H22N2O. The van der Waals surface area contributed by atoms with Crippen molar-refractivity contribution >= 4 is 17.3 Å². The quantitative estimate of drug-likeness (QED) is 0.832. The molecule has 3 nitrogen and oxygen atoms in total. The Morgan fingerprint density at radius 1 is 1.14 bits per heavy atom. The average molecular weight is 282 g/mol. The van der Waals surface area contributed by atoms with Crippen molar-refractivity contribution in [3.8, 4) is 0 Å². The first-order chi connectivity index (χ1) is 9.97. The van der Waals surface area contributed by atoms with E-state index < -0.39 is 0 Å². The fraction of sp³-hybridized carbons (Fsp3) is 0.278. The Kier molecular flexibility index (Phi) is 4.63. The number of hydrogen-bond donors (Lipinski definition) is 2. The van der Waals surface area contributed by atoms with Crippen LogP contribution in [0.2, 0.25) is 0 Å². The van der Waals surface area contributed by atoms with Crippen LogP contribution in [0.25, 0.3) is 0 Å². The topological polar surface area (TPSA) is 55.1 Å². The molecule has 0 saturated carbocycles. The number of rotatable bonds is 4. The van der Waals surface area contributed by atoms with E-state index in [1.165, 1.54) is 11.1 Å². The Morgan fingerprint density at radius 3 is 2.57 bits per heavy atom. The molecule has 0 aliphatic carbocycles. The highest BCUT2D eigenvalue weighted by Gasteiger charge is 2.13. The molecule has 2 rings (SSSR count). The maximum absolute atomic E-state index is 12.2. The lowest BCUT2D eigenvalue weighted by Gasteiger charge is -2.15. The molecule has 0 aliphatic rings. The van der Waals surface area contributed by atoms with Gasteiger partial charge in [0.05, 0.1) is 0 Å². The second-order valence-electron chi connectivity index (χ2n) is 5.58. The van der Waals surface area contributed by atoms with E-state index >= 15 is 0 Å². The maximum atomic E-state index is 12.2. The summed E-state index contributed by atoms with van der Waals surface area (Å²) in [5.41, 5.74) is 10.7. The summed E-state index contributed by atoms with van der Waals surface area (Å²) in [4.78, 5) is 12.2. The largest absolute Gasteiger partial charge is 0.399 e. The molecule has 2 aromatic carbocycles. The molecule has 0 aliphatic heterocycles. The van der Waals surface area contributed by atoms with E-state index in [4.69, 9.17) is 5.73 Å². The monoisotopic (exact) mass is 282 g/mol. The highest BCUT2D eigenvalue weighted by molar-refractivity contribution is 5.92. The van der Waals surface area contributed by atoms with Crippen LogP contribution in [0, 0.1) is 13.8 Å². The van der Waals surface area contributed by atoms with E-state index in [9.17, 15) is 4.79 Å².